The smallest absolute Gasteiger partial charge is 0.324 e. The SMILES string of the molecule is COc1ccc(S(=O)(=O)NC(CO)C(=O)O)c([N+](=O)[O-])c1. The predicted molar refractivity (Wildman–Crippen MR) is 68.5 cm³/mol. The summed E-state index contributed by atoms with van der Waals surface area (Å²) in [7, 11) is -3.26. The van der Waals surface area contributed by atoms with E-state index in [9.17, 15) is 23.3 Å². The van der Waals surface area contributed by atoms with Crippen LogP contribution in [0.25, 0.3) is 0 Å². The molecule has 0 aliphatic rings. The standard InChI is InChI=1S/C10H12N2O8S/c1-20-6-2-3-9(8(4-6)12(16)17)21(18,19)11-7(5-13)10(14)15/h2-4,7,11,13H,5H2,1H3,(H,14,15). The van der Waals surface area contributed by atoms with Crippen molar-refractivity contribution in [3.05, 3.63) is 28.3 Å². The largest absolute Gasteiger partial charge is 0.497 e. The van der Waals surface area contributed by atoms with Gasteiger partial charge in [-0.25, -0.2) is 8.42 Å². The molecule has 10 nitrogen and oxygen atoms in total. The summed E-state index contributed by atoms with van der Waals surface area (Å²) >= 11 is 0. The zero-order valence-corrected chi connectivity index (χ0v) is 11.5. The molecule has 0 aromatic heterocycles. The fraction of sp³-hybridized carbons (Fsp3) is 0.300. The number of methoxy groups -OCH3 is 1. The summed E-state index contributed by atoms with van der Waals surface area (Å²) in [5, 5.41) is 28.4. The summed E-state index contributed by atoms with van der Waals surface area (Å²) in [5.74, 6) is -1.55. The number of hydrogen-bond acceptors (Lipinski definition) is 7. The summed E-state index contributed by atoms with van der Waals surface area (Å²) in [6.45, 7) is -1.00. The molecule has 0 fully saturated rings. The van der Waals surface area contributed by atoms with E-state index in [4.69, 9.17) is 14.9 Å². The highest BCUT2D eigenvalue weighted by Crippen LogP contribution is 2.28. The van der Waals surface area contributed by atoms with Crippen molar-refractivity contribution in [1.82, 2.24) is 4.72 Å². The molecular formula is C10H12N2O8S. The second-order valence-corrected chi connectivity index (χ2v) is 5.47. The van der Waals surface area contributed by atoms with Crippen LogP contribution in [0.1, 0.15) is 0 Å². The molecule has 0 amide bonds. The van der Waals surface area contributed by atoms with Gasteiger partial charge in [0.25, 0.3) is 5.69 Å². The number of sulfonamides is 1. The van der Waals surface area contributed by atoms with Crippen LogP contribution >= 0.6 is 0 Å². The van der Waals surface area contributed by atoms with Gasteiger partial charge in [0.15, 0.2) is 4.90 Å². The van der Waals surface area contributed by atoms with Gasteiger partial charge >= 0.3 is 5.97 Å². The molecule has 1 aromatic rings. The van der Waals surface area contributed by atoms with Gasteiger partial charge in [-0.15, -0.1) is 0 Å². The summed E-state index contributed by atoms with van der Waals surface area (Å²) in [4.78, 5) is 20.0. The van der Waals surface area contributed by atoms with E-state index in [1.165, 1.54) is 13.2 Å². The number of aliphatic hydroxyl groups excluding tert-OH is 1. The van der Waals surface area contributed by atoms with E-state index in [2.05, 4.69) is 0 Å². The fourth-order valence-corrected chi connectivity index (χ4v) is 2.74. The predicted octanol–water partition coefficient (Wildman–Crippen LogP) is -0.673. The molecule has 0 aliphatic carbocycles. The average Bonchev–Trinajstić information content (AvgIpc) is 2.43. The lowest BCUT2D eigenvalue weighted by molar-refractivity contribution is -0.387. The number of nitro groups is 1. The van der Waals surface area contributed by atoms with Crippen molar-refractivity contribution in [2.45, 2.75) is 10.9 Å². The zero-order valence-electron chi connectivity index (χ0n) is 10.7. The Morgan fingerprint density at radius 1 is 1.52 bits per heavy atom. The lowest BCUT2D eigenvalue weighted by atomic mass is 10.3. The molecule has 0 saturated heterocycles. The quantitative estimate of drug-likeness (QED) is 0.441. The van der Waals surface area contributed by atoms with Crippen LogP contribution in [0.2, 0.25) is 0 Å². The number of nitrogens with zero attached hydrogens (tertiary/aromatic N) is 1. The molecule has 3 N–H and O–H groups in total. The van der Waals surface area contributed by atoms with Crippen LogP contribution < -0.4 is 9.46 Å². The van der Waals surface area contributed by atoms with Crippen LogP contribution in [0.3, 0.4) is 0 Å². The van der Waals surface area contributed by atoms with E-state index in [-0.39, 0.29) is 5.75 Å². The third kappa shape index (κ3) is 3.87. The molecule has 0 radical (unpaired) electrons. The number of hydrogen-bond donors (Lipinski definition) is 3. The van der Waals surface area contributed by atoms with Crippen LogP contribution in [0.15, 0.2) is 23.1 Å². The molecule has 0 saturated carbocycles. The number of carboxylic acids is 1. The Morgan fingerprint density at radius 3 is 2.57 bits per heavy atom. The monoisotopic (exact) mass is 320 g/mol. The molecule has 1 rings (SSSR count). The highest BCUT2D eigenvalue weighted by molar-refractivity contribution is 7.89. The Morgan fingerprint density at radius 2 is 2.14 bits per heavy atom. The highest BCUT2D eigenvalue weighted by atomic mass is 32.2. The molecule has 0 aliphatic heterocycles. The van der Waals surface area contributed by atoms with Crippen molar-refractivity contribution in [3.8, 4) is 5.75 Å². The average molecular weight is 320 g/mol. The summed E-state index contributed by atoms with van der Waals surface area (Å²) < 4.78 is 30.4. The van der Waals surface area contributed by atoms with Gasteiger partial charge in [-0.1, -0.05) is 0 Å². The Labute approximate surface area is 119 Å². The van der Waals surface area contributed by atoms with Crippen molar-refractivity contribution in [1.29, 1.82) is 0 Å². The third-order valence-corrected chi connectivity index (χ3v) is 3.95. The number of rotatable bonds is 7. The highest BCUT2D eigenvalue weighted by Gasteiger charge is 2.30. The van der Waals surface area contributed by atoms with Crippen molar-refractivity contribution >= 4 is 21.7 Å². The maximum atomic E-state index is 12.0. The number of aliphatic carboxylic acids is 1. The van der Waals surface area contributed by atoms with E-state index >= 15 is 0 Å². The first-order valence-electron chi connectivity index (χ1n) is 5.41. The number of nitro benzene ring substituents is 1. The van der Waals surface area contributed by atoms with Gasteiger partial charge in [0.1, 0.15) is 11.8 Å². The molecule has 0 bridgehead atoms. The molecule has 21 heavy (non-hydrogen) atoms. The lowest BCUT2D eigenvalue weighted by Crippen LogP contribution is -2.43. The van der Waals surface area contributed by atoms with Gasteiger partial charge in [-0.3, -0.25) is 14.9 Å². The molecule has 116 valence electrons. The van der Waals surface area contributed by atoms with E-state index in [1.54, 1.807) is 4.72 Å². The Kier molecular flexibility index (Phi) is 5.18. The minimum atomic E-state index is -4.51. The van der Waals surface area contributed by atoms with Crippen molar-refractivity contribution in [2.24, 2.45) is 0 Å². The molecular weight excluding hydrogens is 308 g/mol. The third-order valence-electron chi connectivity index (χ3n) is 2.43. The number of carboxylic acid groups (broad SMARTS) is 1. The van der Waals surface area contributed by atoms with Crippen LogP contribution in [-0.2, 0) is 14.8 Å². The summed E-state index contributed by atoms with van der Waals surface area (Å²) in [5.41, 5.74) is -0.774. The number of aliphatic hydroxyl groups is 1. The van der Waals surface area contributed by atoms with Crippen molar-refractivity contribution in [3.63, 3.8) is 0 Å². The molecule has 0 heterocycles. The van der Waals surface area contributed by atoms with Gasteiger partial charge in [-0.2, -0.15) is 4.72 Å². The van der Waals surface area contributed by atoms with Gasteiger partial charge < -0.3 is 14.9 Å². The molecule has 0 spiro atoms. The number of carbonyl (C=O) groups is 1. The number of ether oxygens (including phenoxy) is 1. The van der Waals surface area contributed by atoms with Gasteiger partial charge in [0.05, 0.1) is 24.7 Å². The Balaban J connectivity index is 3.31. The zero-order chi connectivity index (χ0) is 16.2. The lowest BCUT2D eigenvalue weighted by Gasteiger charge is -2.12. The van der Waals surface area contributed by atoms with Gasteiger partial charge in [-0.05, 0) is 12.1 Å². The first-order chi connectivity index (χ1) is 9.72. The Bertz CT molecular complexity index is 657. The maximum Gasteiger partial charge on any atom is 0.324 e. The minimum Gasteiger partial charge on any atom is -0.497 e. The molecule has 1 atom stereocenters. The first-order valence-corrected chi connectivity index (χ1v) is 6.89. The van der Waals surface area contributed by atoms with Crippen LogP contribution in [0.4, 0.5) is 5.69 Å². The molecule has 1 unspecified atom stereocenters. The second kappa shape index (κ2) is 6.47. The normalized spacial score (nSPS) is 12.7. The minimum absolute atomic E-state index is 0.0672. The summed E-state index contributed by atoms with van der Waals surface area (Å²) in [6.07, 6.45) is 0. The summed E-state index contributed by atoms with van der Waals surface area (Å²) in [6, 6.07) is 1.17. The second-order valence-electron chi connectivity index (χ2n) is 3.79. The van der Waals surface area contributed by atoms with Gasteiger partial charge in [0, 0.05) is 0 Å². The molecule has 11 heteroatoms. The van der Waals surface area contributed by atoms with Crippen LogP contribution in [0, 0.1) is 10.1 Å². The van der Waals surface area contributed by atoms with E-state index in [0.717, 1.165) is 12.1 Å². The van der Waals surface area contributed by atoms with Crippen LogP contribution in [0.5, 0.6) is 5.75 Å². The van der Waals surface area contributed by atoms with Crippen LogP contribution in [-0.4, -0.2) is 49.3 Å². The Hall–Kier alpha value is -2.24. The van der Waals surface area contributed by atoms with E-state index < -0.39 is 44.1 Å². The van der Waals surface area contributed by atoms with E-state index in [1.807, 2.05) is 0 Å². The maximum absolute atomic E-state index is 12.0. The van der Waals surface area contributed by atoms with Gasteiger partial charge in [0.2, 0.25) is 10.0 Å². The topological polar surface area (TPSA) is 156 Å². The van der Waals surface area contributed by atoms with Crippen molar-refractivity contribution < 1.29 is 33.1 Å². The molecule has 1 aromatic carbocycles. The van der Waals surface area contributed by atoms with Crippen molar-refractivity contribution in [2.75, 3.05) is 13.7 Å². The first kappa shape index (κ1) is 16.8. The number of benzene rings is 1. The van der Waals surface area contributed by atoms with E-state index in [0.29, 0.717) is 0 Å². The fourth-order valence-electron chi connectivity index (χ4n) is 1.41. The number of nitrogens with one attached hydrogen (secondary N) is 1.